The number of H-pyrrole nitrogens is 3. The number of aliphatic carboxylic acids is 1. The first kappa shape index (κ1) is 106. The van der Waals surface area contributed by atoms with Crippen LogP contribution in [0.2, 0.25) is 0 Å². The van der Waals surface area contributed by atoms with Gasteiger partial charge in [0, 0.05) is 125 Å². The van der Waals surface area contributed by atoms with Crippen molar-refractivity contribution in [1.29, 1.82) is 0 Å². The number of aromatic amines is 3. The van der Waals surface area contributed by atoms with Crippen LogP contribution >= 0.6 is 11.8 Å². The van der Waals surface area contributed by atoms with Crippen molar-refractivity contribution >= 4 is 140 Å². The molecule has 0 bridgehead atoms. The Kier molecular flexibility index (Phi) is 40.7. The van der Waals surface area contributed by atoms with Crippen LogP contribution in [-0.4, -0.2) is 312 Å². The van der Waals surface area contributed by atoms with E-state index in [0.29, 0.717) is 64.2 Å². The van der Waals surface area contributed by atoms with Gasteiger partial charge in [-0.1, -0.05) is 102 Å². The van der Waals surface area contributed by atoms with Crippen molar-refractivity contribution in [2.45, 2.75) is 222 Å². The number of nitrogens with two attached hydrogens (primary N) is 4. The molecule has 0 spiro atoms. The minimum atomic E-state index is -1.81. The Labute approximate surface area is 779 Å². The molecule has 8 rings (SSSR count). The van der Waals surface area contributed by atoms with E-state index >= 15 is 28.8 Å². The predicted molar refractivity (Wildman–Crippen MR) is 494 cm³/mol. The van der Waals surface area contributed by atoms with Gasteiger partial charge in [-0.3, -0.25) is 86.3 Å². The summed E-state index contributed by atoms with van der Waals surface area (Å²) in [6.07, 6.45) is 4.07. The van der Waals surface area contributed by atoms with Crippen molar-refractivity contribution in [3.05, 3.63) is 120 Å². The van der Waals surface area contributed by atoms with Gasteiger partial charge in [0.25, 0.3) is 0 Å². The lowest BCUT2D eigenvalue weighted by Crippen LogP contribution is -2.61. The van der Waals surface area contributed by atoms with Crippen LogP contribution in [-0.2, 0) is 112 Å². The fraction of sp³-hybridized carbons (Fsp3) is 0.522. The third kappa shape index (κ3) is 30.5. The number of phenolic OH excluding ortho intramolecular Hbond substituents is 1. The van der Waals surface area contributed by atoms with Crippen LogP contribution in [0, 0.1) is 5.92 Å². The smallest absolute Gasteiger partial charge is 0.303 e. The van der Waals surface area contributed by atoms with E-state index in [1.807, 2.05) is 13.8 Å². The molecule has 17 amide bonds. The molecular weight excluding hydrogens is 1760 g/mol. The Balaban J connectivity index is 1.20. The molecule has 2 aliphatic heterocycles. The molecular formula is C90H127N23O20S. The molecule has 43 nitrogen and oxygen atoms in total. The largest absolute Gasteiger partial charge is 0.508 e. The number of imidazole rings is 1. The molecule has 0 saturated carbocycles. The van der Waals surface area contributed by atoms with Crippen LogP contribution in [0.5, 0.6) is 5.75 Å². The van der Waals surface area contributed by atoms with Crippen molar-refractivity contribution in [2.75, 3.05) is 71.9 Å². The summed E-state index contributed by atoms with van der Waals surface area (Å²) in [4.78, 5) is 280. The lowest BCUT2D eigenvalue weighted by atomic mass is 9.99. The van der Waals surface area contributed by atoms with E-state index in [2.05, 4.69) is 73.1 Å². The highest BCUT2D eigenvalue weighted by molar-refractivity contribution is 8.00. The highest BCUT2D eigenvalue weighted by Gasteiger charge is 2.44. The number of aromatic hydroxyl groups is 1. The van der Waals surface area contributed by atoms with E-state index in [0.717, 1.165) is 26.5 Å². The molecule has 728 valence electrons. The summed E-state index contributed by atoms with van der Waals surface area (Å²) in [6.45, 7) is 5.77. The van der Waals surface area contributed by atoms with Crippen molar-refractivity contribution in [1.82, 2.24) is 97.6 Å². The summed E-state index contributed by atoms with van der Waals surface area (Å²) in [7, 11) is 3.97. The number of carboxylic acid groups (broad SMARTS) is 1. The van der Waals surface area contributed by atoms with Gasteiger partial charge < -0.3 is 126 Å². The first-order chi connectivity index (χ1) is 63.8. The molecule has 3 aromatic carbocycles. The number of carbonyl (C=O) groups excluding carboxylic acids is 17. The standard InChI is InChI=1S/C90H127N23O20S/c1-9-11-22-70-84(127)104-63(36-50(3)4)81(124)108-69(79(122)98-45-74(94)116)47-134-48-76(118)101-66(37-52-25-27-56(114)28-26-52)86(129)109(6)51(5)78(121)106-68(41-73(93)115)89(132)113-34-17-24-71(113)85(128)105-65(40-55-44-95-49-99-55)83(126)103-62(29-30-77(119)120)88(131)112(35-33-92)46-75(117)100-64(38-53-42-96-59-20-15-13-18-57(53)59)82(125)102-61(31-32-91)80(123)107-67(39-54-43-97-60-21-16-14-19-58(54)60)87(130)111(8)72(23-12-10-2)90(133)110(70)7/h13-16,18-21,25-28,42-44,49-51,61-72,96-97,114H,9-12,17,22-24,29-41,45-48,91-92H2,1-8H3,(H2,93,115)(H2,94,116)(H,95,99)(H,98,122)(H,100,117)(H,101,118)(H,102,125)(H,103,126)(H,104,127)(H,105,128)(H,106,121)(H,107,123)(H,108,124)(H,119,120)/t51-,61-,62-,63-,64-,65-,66-,67-,68-,69-,70-,71-,72-/m0/s1. The second kappa shape index (κ2) is 51.5. The molecule has 5 heterocycles. The van der Waals surface area contributed by atoms with Crippen molar-refractivity contribution in [3.63, 3.8) is 0 Å². The molecule has 44 heteroatoms. The first-order valence-corrected chi connectivity index (χ1v) is 46.0. The van der Waals surface area contributed by atoms with E-state index < -0.39 is 235 Å². The quantitative estimate of drug-likeness (QED) is 0.0249. The molecule has 0 aliphatic carbocycles. The van der Waals surface area contributed by atoms with Crippen LogP contribution in [0.4, 0.5) is 0 Å². The number of carboxylic acids is 1. The fourth-order valence-corrected chi connectivity index (χ4v) is 16.9. The van der Waals surface area contributed by atoms with Crippen LogP contribution in [0.25, 0.3) is 21.8 Å². The number of fused-ring (bicyclic) bond motifs is 3. The normalized spacial score (nSPS) is 23.4. The predicted octanol–water partition coefficient (Wildman–Crippen LogP) is -2.15. The second-order valence-electron chi connectivity index (χ2n) is 34.0. The van der Waals surface area contributed by atoms with Gasteiger partial charge in [-0.05, 0) is 105 Å². The Morgan fingerprint density at radius 1 is 0.545 bits per heavy atom. The zero-order chi connectivity index (χ0) is 98.2. The molecule has 134 heavy (non-hydrogen) atoms. The maximum absolute atomic E-state index is 15.8. The minimum Gasteiger partial charge on any atom is -0.508 e. The molecule has 3 aromatic heterocycles. The second-order valence-corrected chi connectivity index (χ2v) is 35.1. The number of aromatic nitrogens is 4. The maximum atomic E-state index is 15.8. The summed E-state index contributed by atoms with van der Waals surface area (Å²) in [5.74, 6) is -18.8. The monoisotopic (exact) mass is 1880 g/mol. The minimum absolute atomic E-state index is 0.0284. The van der Waals surface area contributed by atoms with Crippen LogP contribution in [0.15, 0.2) is 97.7 Å². The number of rotatable bonds is 28. The molecule has 2 fully saturated rings. The Bertz CT molecular complexity index is 5130. The van der Waals surface area contributed by atoms with Gasteiger partial charge >= 0.3 is 5.97 Å². The third-order valence-electron chi connectivity index (χ3n) is 23.5. The van der Waals surface area contributed by atoms with E-state index in [9.17, 15) is 67.7 Å². The number of carbonyl (C=O) groups is 18. The molecule has 13 atom stereocenters. The summed E-state index contributed by atoms with van der Waals surface area (Å²) < 4.78 is 0. The third-order valence-corrected chi connectivity index (χ3v) is 24.5. The Morgan fingerprint density at radius 2 is 1.09 bits per heavy atom. The van der Waals surface area contributed by atoms with Gasteiger partial charge in [-0.25, -0.2) is 4.98 Å². The van der Waals surface area contributed by atoms with Crippen molar-refractivity contribution in [2.24, 2.45) is 28.9 Å². The number of hydrogen-bond acceptors (Lipinski definition) is 23. The molecule has 6 aromatic rings. The number of thioether (sulfide) groups is 1. The number of para-hydroxylation sites is 2. The number of nitrogens with zero attached hydrogens (tertiary/aromatic N) is 6. The van der Waals surface area contributed by atoms with Crippen molar-refractivity contribution in [3.8, 4) is 5.75 Å². The van der Waals surface area contributed by atoms with Crippen LogP contribution < -0.4 is 76.1 Å². The number of unbranched alkanes of at least 4 members (excludes halogenated alkanes) is 2. The first-order valence-electron chi connectivity index (χ1n) is 44.8. The van der Waals surface area contributed by atoms with Crippen LogP contribution in [0.1, 0.15) is 140 Å². The SMILES string of the molecule is CCCC[C@H]1C(=O)N(C)[C@@H](CCCC)C(=O)N[C@@H](CC(C)C)C(=O)N[C@H](C(=O)NCC(N)=O)CSCC(=O)N[C@@H](Cc2ccc(O)cc2)C(=O)N(C)[C@@H](C)C(=O)N[C@@H](CC(N)=O)C(=O)N2CCC[C@H]2C(=O)N[C@@H](Cc2cnc[nH]2)C(=O)N[C@@H](CCC(=O)O)C(=O)N(CCN)CC(=O)N[C@@H](Cc2c[nH]c3ccccc23)C(=O)N[C@@H](CCN)C(=O)N[C@@H](Cc2c[nH]c3ccccc23)C(=O)N1C. The Hall–Kier alpha value is -13.5. The zero-order valence-electron chi connectivity index (χ0n) is 76.6. The van der Waals surface area contributed by atoms with E-state index in [-0.39, 0.29) is 101 Å². The Morgan fingerprint density at radius 3 is 1.68 bits per heavy atom. The lowest BCUT2D eigenvalue weighted by Gasteiger charge is -2.36. The summed E-state index contributed by atoms with van der Waals surface area (Å²) >= 11 is 0.789. The number of amides is 17. The number of phenols is 1. The number of hydrogen-bond donors (Lipinski definition) is 19. The van der Waals surface area contributed by atoms with Gasteiger partial charge in [-0.15, -0.1) is 11.8 Å². The fourth-order valence-electron chi connectivity index (χ4n) is 16.1. The maximum Gasteiger partial charge on any atom is 0.303 e. The molecule has 23 N–H and O–H groups in total. The van der Waals surface area contributed by atoms with Gasteiger partial charge in [0.15, 0.2) is 0 Å². The van der Waals surface area contributed by atoms with Gasteiger partial charge in [0.05, 0.1) is 31.6 Å². The summed E-state index contributed by atoms with van der Waals surface area (Å²) in [5.41, 5.74) is 26.5. The van der Waals surface area contributed by atoms with Gasteiger partial charge in [0.1, 0.15) is 84.3 Å². The van der Waals surface area contributed by atoms with Gasteiger partial charge in [0.2, 0.25) is 100 Å². The number of benzene rings is 3. The van der Waals surface area contributed by atoms with E-state index in [1.54, 1.807) is 74.8 Å². The number of primary amides is 2. The van der Waals surface area contributed by atoms with Crippen molar-refractivity contribution < 1.29 is 96.5 Å². The highest BCUT2D eigenvalue weighted by Crippen LogP contribution is 2.27. The highest BCUT2D eigenvalue weighted by atomic mass is 32.2. The number of likely N-dealkylation sites (N-methyl/N-ethyl adjacent to an activating group) is 3. The molecule has 2 aliphatic rings. The average Bonchev–Trinajstić information content (AvgIpc) is 1.27. The lowest BCUT2D eigenvalue weighted by molar-refractivity contribution is -0.149. The molecule has 2 saturated heterocycles. The average molecular weight is 1880 g/mol. The van der Waals surface area contributed by atoms with E-state index in [4.69, 9.17) is 22.9 Å². The topological polar surface area (TPSA) is 649 Å². The molecule has 0 unspecified atom stereocenters. The molecule has 0 radical (unpaired) electrons. The number of nitrogens with one attached hydrogen (secondary N) is 13. The zero-order valence-corrected chi connectivity index (χ0v) is 77.5. The summed E-state index contributed by atoms with van der Waals surface area (Å²) in [5, 5.41) is 48.1. The van der Waals surface area contributed by atoms with Gasteiger partial charge in [-0.2, -0.15) is 0 Å². The summed E-state index contributed by atoms with van der Waals surface area (Å²) in [6, 6.07) is -0.333. The van der Waals surface area contributed by atoms with E-state index in [1.165, 1.54) is 74.7 Å². The van der Waals surface area contributed by atoms with Crippen LogP contribution in [0.3, 0.4) is 0 Å².